The summed E-state index contributed by atoms with van der Waals surface area (Å²) < 4.78 is 7.30. The third-order valence-corrected chi connectivity index (χ3v) is 7.22. The molecule has 8 heteroatoms. The lowest BCUT2D eigenvalue weighted by molar-refractivity contribution is 0.00493. The van der Waals surface area contributed by atoms with Crippen molar-refractivity contribution >= 4 is 11.6 Å². The van der Waals surface area contributed by atoms with Crippen molar-refractivity contribution in [3.63, 3.8) is 0 Å². The molecule has 1 aliphatic heterocycles. The third kappa shape index (κ3) is 4.97. The molecule has 1 amide bonds. The van der Waals surface area contributed by atoms with Crippen LogP contribution in [-0.2, 0) is 10.2 Å². The summed E-state index contributed by atoms with van der Waals surface area (Å²) in [6.45, 7) is 5.54. The molecule has 8 nitrogen and oxygen atoms in total. The molecule has 3 aromatic rings. The Bertz CT molecular complexity index is 1210. The van der Waals surface area contributed by atoms with Gasteiger partial charge in [-0.3, -0.25) is 14.7 Å². The van der Waals surface area contributed by atoms with Gasteiger partial charge in [0.2, 0.25) is 0 Å². The summed E-state index contributed by atoms with van der Waals surface area (Å²) in [5, 5.41) is 13.0. The average molecular weight is 471 g/mol. The molecule has 0 radical (unpaired) electrons. The topological polar surface area (TPSA) is 96.1 Å². The van der Waals surface area contributed by atoms with Gasteiger partial charge in [-0.1, -0.05) is 0 Å². The first-order valence-electron chi connectivity index (χ1n) is 12.2. The number of rotatable bonds is 5. The van der Waals surface area contributed by atoms with Gasteiger partial charge in [-0.15, -0.1) is 0 Å². The van der Waals surface area contributed by atoms with Gasteiger partial charge in [0.15, 0.2) is 0 Å². The van der Waals surface area contributed by atoms with Crippen LogP contribution in [0.25, 0.3) is 5.82 Å². The van der Waals surface area contributed by atoms with E-state index < -0.39 is 5.41 Å². The maximum Gasteiger partial charge on any atom is 0.257 e. The standard InChI is InChI=1S/C27H30N6O2/c1-20-6-10-29-25(16-20)33-11-7-21(18-33)26(34)31-22-2-3-24(30-17-22)27(19-28)8-4-23(5-9-27)32-12-14-35-15-13-32/h2-3,6-7,10-11,16-18,23H,4-5,8-9,12-15H2,1H3,(H,31,34). The van der Waals surface area contributed by atoms with E-state index in [2.05, 4.69) is 26.3 Å². The molecule has 0 bridgehead atoms. The second kappa shape index (κ2) is 9.98. The summed E-state index contributed by atoms with van der Waals surface area (Å²) >= 11 is 0. The number of hydrogen-bond acceptors (Lipinski definition) is 6. The molecular formula is C27H30N6O2. The predicted molar refractivity (Wildman–Crippen MR) is 132 cm³/mol. The van der Waals surface area contributed by atoms with Gasteiger partial charge in [0.1, 0.15) is 5.82 Å². The Labute approximate surface area is 205 Å². The number of nitriles is 1. The number of amides is 1. The van der Waals surface area contributed by atoms with Crippen LogP contribution in [-0.4, -0.2) is 57.7 Å². The van der Waals surface area contributed by atoms with Gasteiger partial charge in [-0.25, -0.2) is 4.98 Å². The maximum atomic E-state index is 12.8. The van der Waals surface area contributed by atoms with Gasteiger partial charge >= 0.3 is 0 Å². The summed E-state index contributed by atoms with van der Waals surface area (Å²) in [7, 11) is 0. The quantitative estimate of drug-likeness (QED) is 0.608. The Kier molecular flexibility index (Phi) is 6.62. The number of carbonyl (C=O) groups excluding carboxylic acids is 1. The molecule has 1 saturated heterocycles. The molecule has 0 unspecified atom stereocenters. The number of ether oxygens (including phenoxy) is 1. The first-order chi connectivity index (χ1) is 17.1. The molecule has 0 spiro atoms. The lowest BCUT2D eigenvalue weighted by atomic mass is 9.71. The van der Waals surface area contributed by atoms with Crippen molar-refractivity contribution in [1.82, 2.24) is 19.4 Å². The minimum atomic E-state index is -0.566. The van der Waals surface area contributed by atoms with Crippen LogP contribution in [0.2, 0.25) is 0 Å². The summed E-state index contributed by atoms with van der Waals surface area (Å²) in [5.74, 6) is 0.548. The second-order valence-corrected chi connectivity index (χ2v) is 9.46. The Morgan fingerprint density at radius 2 is 1.97 bits per heavy atom. The molecular weight excluding hydrogens is 440 g/mol. The number of pyridine rings is 2. The Morgan fingerprint density at radius 3 is 2.66 bits per heavy atom. The van der Waals surface area contributed by atoms with E-state index in [-0.39, 0.29) is 5.91 Å². The highest BCUT2D eigenvalue weighted by Crippen LogP contribution is 2.40. The molecule has 2 fully saturated rings. The van der Waals surface area contributed by atoms with Crippen molar-refractivity contribution in [3.05, 3.63) is 71.9 Å². The van der Waals surface area contributed by atoms with E-state index in [1.807, 2.05) is 42.0 Å². The van der Waals surface area contributed by atoms with Crippen molar-refractivity contribution < 1.29 is 9.53 Å². The highest BCUT2D eigenvalue weighted by Gasteiger charge is 2.40. The van der Waals surface area contributed by atoms with Gasteiger partial charge < -0.3 is 14.6 Å². The largest absolute Gasteiger partial charge is 0.379 e. The predicted octanol–water partition coefficient (Wildman–Crippen LogP) is 3.86. The Balaban J connectivity index is 1.22. The van der Waals surface area contributed by atoms with Gasteiger partial charge in [0.25, 0.3) is 5.91 Å². The van der Waals surface area contributed by atoms with Gasteiger partial charge in [-0.2, -0.15) is 5.26 Å². The number of carbonyl (C=O) groups is 1. The van der Waals surface area contributed by atoms with E-state index in [0.29, 0.717) is 17.3 Å². The van der Waals surface area contributed by atoms with Crippen LogP contribution in [0.3, 0.4) is 0 Å². The maximum absolute atomic E-state index is 12.8. The van der Waals surface area contributed by atoms with Gasteiger partial charge in [-0.05, 0) is 68.5 Å². The van der Waals surface area contributed by atoms with Gasteiger partial charge in [0, 0.05) is 37.7 Å². The van der Waals surface area contributed by atoms with Crippen molar-refractivity contribution in [2.45, 2.75) is 44.1 Å². The number of aryl methyl sites for hydroxylation is 1. The van der Waals surface area contributed by atoms with Crippen LogP contribution in [0.1, 0.15) is 47.3 Å². The van der Waals surface area contributed by atoms with Crippen LogP contribution < -0.4 is 5.32 Å². The van der Waals surface area contributed by atoms with Crippen LogP contribution in [0, 0.1) is 18.3 Å². The van der Waals surface area contributed by atoms with E-state index in [0.717, 1.165) is 69.1 Å². The molecule has 1 aliphatic carbocycles. The number of aromatic nitrogens is 3. The normalized spacial score (nSPS) is 22.9. The molecule has 0 aromatic carbocycles. The molecule has 1 N–H and O–H groups in total. The number of hydrogen-bond donors (Lipinski definition) is 1. The van der Waals surface area contributed by atoms with Crippen molar-refractivity contribution in [1.29, 1.82) is 5.26 Å². The van der Waals surface area contributed by atoms with Crippen LogP contribution in [0.5, 0.6) is 0 Å². The minimum Gasteiger partial charge on any atom is -0.379 e. The highest BCUT2D eigenvalue weighted by atomic mass is 16.5. The molecule has 2 aliphatic rings. The zero-order valence-electron chi connectivity index (χ0n) is 20.0. The van der Waals surface area contributed by atoms with E-state index in [9.17, 15) is 10.1 Å². The highest BCUT2D eigenvalue weighted by molar-refractivity contribution is 6.04. The molecule has 4 heterocycles. The lowest BCUT2D eigenvalue weighted by Crippen LogP contribution is -2.47. The summed E-state index contributed by atoms with van der Waals surface area (Å²) in [5.41, 5.74) is 2.46. The molecule has 180 valence electrons. The molecule has 3 aromatic heterocycles. The number of morpholine rings is 1. The zero-order valence-corrected chi connectivity index (χ0v) is 20.0. The smallest absolute Gasteiger partial charge is 0.257 e. The fourth-order valence-corrected chi connectivity index (χ4v) is 5.12. The monoisotopic (exact) mass is 470 g/mol. The van der Waals surface area contributed by atoms with Crippen molar-refractivity contribution in [3.8, 4) is 11.9 Å². The summed E-state index contributed by atoms with van der Waals surface area (Å²) in [6, 6.07) is 12.5. The first-order valence-corrected chi connectivity index (χ1v) is 12.2. The van der Waals surface area contributed by atoms with Crippen LogP contribution in [0.15, 0.2) is 55.1 Å². The minimum absolute atomic E-state index is 0.216. The van der Waals surface area contributed by atoms with Gasteiger partial charge in [0.05, 0.1) is 47.8 Å². The Hall–Kier alpha value is -3.54. The summed E-state index contributed by atoms with van der Waals surface area (Å²) in [4.78, 5) is 24.2. The van der Waals surface area contributed by atoms with E-state index in [1.54, 1.807) is 24.7 Å². The van der Waals surface area contributed by atoms with E-state index >= 15 is 0 Å². The van der Waals surface area contributed by atoms with E-state index in [1.165, 1.54) is 0 Å². The number of nitrogens with zero attached hydrogens (tertiary/aromatic N) is 5. The van der Waals surface area contributed by atoms with Crippen molar-refractivity contribution in [2.24, 2.45) is 0 Å². The SMILES string of the molecule is Cc1ccnc(-n2ccc(C(=O)Nc3ccc(C4(C#N)CCC(N5CCOCC5)CC4)nc3)c2)c1. The molecule has 5 rings (SSSR count). The number of anilines is 1. The van der Waals surface area contributed by atoms with Crippen molar-refractivity contribution in [2.75, 3.05) is 31.6 Å². The summed E-state index contributed by atoms with van der Waals surface area (Å²) in [6.07, 6.45) is 10.6. The first kappa shape index (κ1) is 23.2. The fourth-order valence-electron chi connectivity index (χ4n) is 5.12. The molecule has 1 saturated carbocycles. The molecule has 35 heavy (non-hydrogen) atoms. The van der Waals surface area contributed by atoms with Crippen LogP contribution in [0.4, 0.5) is 5.69 Å². The molecule has 0 atom stereocenters. The van der Waals surface area contributed by atoms with Crippen LogP contribution >= 0.6 is 0 Å². The lowest BCUT2D eigenvalue weighted by Gasteiger charge is -2.41. The third-order valence-electron chi connectivity index (χ3n) is 7.22. The number of nitrogens with one attached hydrogen (secondary N) is 1. The average Bonchev–Trinajstić information content (AvgIpc) is 3.41. The van der Waals surface area contributed by atoms with E-state index in [4.69, 9.17) is 4.74 Å². The Morgan fingerprint density at radius 1 is 1.17 bits per heavy atom. The zero-order chi connectivity index (χ0) is 24.3. The fraction of sp³-hybridized carbons (Fsp3) is 0.407. The second-order valence-electron chi connectivity index (χ2n) is 9.46.